The molecule has 1 heterocycles. The van der Waals surface area contributed by atoms with Crippen LogP contribution in [0.5, 0.6) is 0 Å². The van der Waals surface area contributed by atoms with E-state index < -0.39 is 0 Å². The summed E-state index contributed by atoms with van der Waals surface area (Å²) in [6, 6.07) is 9.77. The summed E-state index contributed by atoms with van der Waals surface area (Å²) in [5, 5.41) is 5.74. The molecule has 1 aromatic carbocycles. The van der Waals surface area contributed by atoms with Gasteiger partial charge in [-0.2, -0.15) is 0 Å². The van der Waals surface area contributed by atoms with Crippen LogP contribution in [0.3, 0.4) is 0 Å². The Morgan fingerprint density at radius 2 is 2.14 bits per heavy atom. The lowest BCUT2D eigenvalue weighted by atomic mass is 9.96. The molecule has 0 aliphatic rings. The number of benzene rings is 1. The lowest BCUT2D eigenvalue weighted by Gasteiger charge is -2.21. The highest BCUT2D eigenvalue weighted by atomic mass is 32.1. The summed E-state index contributed by atoms with van der Waals surface area (Å²) in [6.45, 7) is 5.17. The van der Waals surface area contributed by atoms with E-state index in [0.29, 0.717) is 6.04 Å². The van der Waals surface area contributed by atoms with Gasteiger partial charge in [0.05, 0.1) is 0 Å². The van der Waals surface area contributed by atoms with Crippen molar-refractivity contribution >= 4 is 11.3 Å². The van der Waals surface area contributed by atoms with Gasteiger partial charge in [-0.25, -0.2) is 4.39 Å². The molecule has 0 saturated heterocycles. The maximum absolute atomic E-state index is 13.3. The third-order valence-electron chi connectivity index (χ3n) is 3.74. The van der Waals surface area contributed by atoms with E-state index in [2.05, 4.69) is 29.8 Å². The van der Waals surface area contributed by atoms with Gasteiger partial charge in [-0.05, 0) is 73.9 Å². The Hall–Kier alpha value is -1.19. The van der Waals surface area contributed by atoms with E-state index in [9.17, 15) is 4.39 Å². The van der Waals surface area contributed by atoms with Crippen LogP contribution in [0.2, 0.25) is 0 Å². The molecule has 114 valence electrons. The maximum Gasteiger partial charge on any atom is 0.123 e. The van der Waals surface area contributed by atoms with Gasteiger partial charge < -0.3 is 5.32 Å². The van der Waals surface area contributed by atoms with Crippen molar-refractivity contribution in [3.8, 4) is 0 Å². The molecule has 0 saturated carbocycles. The Bertz CT molecular complexity index is 536. The van der Waals surface area contributed by atoms with E-state index in [-0.39, 0.29) is 5.82 Å². The first-order valence-electron chi connectivity index (χ1n) is 7.72. The SMILES string of the molecule is CCCNC(CCCc1cccs1)c1ccc(F)cc1C. The molecule has 0 bridgehead atoms. The molecule has 3 heteroatoms. The quantitative estimate of drug-likeness (QED) is 0.701. The Kier molecular flexibility index (Phi) is 6.40. The van der Waals surface area contributed by atoms with Gasteiger partial charge in [0, 0.05) is 10.9 Å². The minimum absolute atomic E-state index is 0.149. The number of rotatable bonds is 8. The van der Waals surface area contributed by atoms with Crippen LogP contribution in [-0.4, -0.2) is 6.54 Å². The van der Waals surface area contributed by atoms with E-state index in [1.54, 1.807) is 12.1 Å². The van der Waals surface area contributed by atoms with Crippen LogP contribution in [0.25, 0.3) is 0 Å². The van der Waals surface area contributed by atoms with Gasteiger partial charge in [0.15, 0.2) is 0 Å². The van der Waals surface area contributed by atoms with E-state index in [4.69, 9.17) is 0 Å². The van der Waals surface area contributed by atoms with Crippen LogP contribution >= 0.6 is 11.3 Å². The maximum atomic E-state index is 13.3. The first-order chi connectivity index (χ1) is 10.2. The highest BCUT2D eigenvalue weighted by molar-refractivity contribution is 7.09. The first kappa shape index (κ1) is 16.2. The van der Waals surface area contributed by atoms with Crippen LogP contribution in [0.1, 0.15) is 48.2 Å². The van der Waals surface area contributed by atoms with Crippen molar-refractivity contribution in [3.05, 3.63) is 57.5 Å². The summed E-state index contributed by atoms with van der Waals surface area (Å²) in [6.07, 6.45) is 4.48. The predicted octanol–water partition coefficient (Wildman–Crippen LogP) is 5.26. The Morgan fingerprint density at radius 1 is 1.29 bits per heavy atom. The summed E-state index contributed by atoms with van der Waals surface area (Å²) < 4.78 is 13.3. The Balaban J connectivity index is 1.99. The molecule has 2 aromatic rings. The zero-order chi connectivity index (χ0) is 15.1. The van der Waals surface area contributed by atoms with Crippen molar-refractivity contribution in [2.24, 2.45) is 0 Å². The average molecular weight is 305 g/mol. The molecule has 1 nitrogen and oxygen atoms in total. The fraction of sp³-hybridized carbons (Fsp3) is 0.444. The molecular weight excluding hydrogens is 281 g/mol. The summed E-state index contributed by atoms with van der Waals surface area (Å²) in [5.74, 6) is -0.149. The zero-order valence-electron chi connectivity index (χ0n) is 12.9. The first-order valence-corrected chi connectivity index (χ1v) is 8.60. The van der Waals surface area contributed by atoms with Gasteiger partial charge in [0.1, 0.15) is 5.82 Å². The smallest absolute Gasteiger partial charge is 0.123 e. The highest BCUT2D eigenvalue weighted by Gasteiger charge is 2.13. The number of nitrogens with one attached hydrogen (secondary N) is 1. The summed E-state index contributed by atoms with van der Waals surface area (Å²) in [4.78, 5) is 1.44. The van der Waals surface area contributed by atoms with Crippen LogP contribution in [0.15, 0.2) is 35.7 Å². The van der Waals surface area contributed by atoms with Crippen molar-refractivity contribution in [1.29, 1.82) is 0 Å². The predicted molar refractivity (Wildman–Crippen MR) is 89.4 cm³/mol. The highest BCUT2D eigenvalue weighted by Crippen LogP contribution is 2.24. The Morgan fingerprint density at radius 3 is 2.81 bits per heavy atom. The summed E-state index contributed by atoms with van der Waals surface area (Å²) in [7, 11) is 0. The van der Waals surface area contributed by atoms with Crippen molar-refractivity contribution in [2.45, 2.75) is 45.6 Å². The largest absolute Gasteiger partial charge is 0.310 e. The number of halogens is 1. The van der Waals surface area contributed by atoms with E-state index >= 15 is 0 Å². The molecule has 0 radical (unpaired) electrons. The topological polar surface area (TPSA) is 12.0 Å². The molecular formula is C18H24FNS. The monoisotopic (exact) mass is 305 g/mol. The van der Waals surface area contributed by atoms with Crippen LogP contribution < -0.4 is 5.32 Å². The molecule has 1 N–H and O–H groups in total. The molecule has 2 rings (SSSR count). The fourth-order valence-corrected chi connectivity index (χ4v) is 3.40. The second-order valence-electron chi connectivity index (χ2n) is 5.48. The molecule has 0 aliphatic carbocycles. The van der Waals surface area contributed by atoms with Crippen LogP contribution in [0.4, 0.5) is 4.39 Å². The molecule has 0 spiro atoms. The van der Waals surface area contributed by atoms with Gasteiger partial charge in [-0.1, -0.05) is 19.1 Å². The Labute approximate surface area is 131 Å². The molecule has 1 unspecified atom stereocenters. The van der Waals surface area contributed by atoms with E-state index in [0.717, 1.165) is 37.8 Å². The fourth-order valence-electron chi connectivity index (χ4n) is 2.65. The third-order valence-corrected chi connectivity index (χ3v) is 4.68. The van der Waals surface area contributed by atoms with Gasteiger partial charge in [-0.15, -0.1) is 11.3 Å². The number of hydrogen-bond acceptors (Lipinski definition) is 2. The average Bonchev–Trinajstić information content (AvgIpc) is 2.96. The third kappa shape index (κ3) is 4.94. The molecule has 0 aliphatic heterocycles. The minimum atomic E-state index is -0.149. The van der Waals surface area contributed by atoms with Gasteiger partial charge >= 0.3 is 0 Å². The van der Waals surface area contributed by atoms with Crippen molar-refractivity contribution < 1.29 is 4.39 Å². The minimum Gasteiger partial charge on any atom is -0.310 e. The molecule has 21 heavy (non-hydrogen) atoms. The number of thiophene rings is 1. The summed E-state index contributed by atoms with van der Waals surface area (Å²) >= 11 is 1.82. The zero-order valence-corrected chi connectivity index (χ0v) is 13.7. The second kappa shape index (κ2) is 8.30. The second-order valence-corrected chi connectivity index (χ2v) is 6.51. The van der Waals surface area contributed by atoms with E-state index in [1.807, 2.05) is 24.3 Å². The van der Waals surface area contributed by atoms with Gasteiger partial charge in [0.2, 0.25) is 0 Å². The van der Waals surface area contributed by atoms with Crippen molar-refractivity contribution in [1.82, 2.24) is 5.32 Å². The standard InChI is InChI=1S/C18H24FNS/c1-3-11-20-18(8-4-6-16-7-5-12-21-16)17-10-9-15(19)13-14(17)2/h5,7,9-10,12-13,18,20H,3-4,6,8,11H2,1-2H3. The molecule has 0 fully saturated rings. The van der Waals surface area contributed by atoms with Crippen LogP contribution in [0, 0.1) is 12.7 Å². The van der Waals surface area contributed by atoms with Crippen LogP contribution in [-0.2, 0) is 6.42 Å². The lowest BCUT2D eigenvalue weighted by molar-refractivity contribution is 0.482. The van der Waals surface area contributed by atoms with Crippen molar-refractivity contribution in [3.63, 3.8) is 0 Å². The lowest BCUT2D eigenvalue weighted by Crippen LogP contribution is -2.23. The molecule has 1 atom stereocenters. The number of aryl methyl sites for hydroxylation is 2. The van der Waals surface area contributed by atoms with Gasteiger partial charge in [0.25, 0.3) is 0 Å². The number of hydrogen-bond donors (Lipinski definition) is 1. The molecule has 0 amide bonds. The van der Waals surface area contributed by atoms with Crippen molar-refractivity contribution in [2.75, 3.05) is 6.54 Å². The molecule has 1 aromatic heterocycles. The normalized spacial score (nSPS) is 12.5. The summed E-state index contributed by atoms with van der Waals surface area (Å²) in [5.41, 5.74) is 2.27. The van der Waals surface area contributed by atoms with Gasteiger partial charge in [-0.3, -0.25) is 0 Å². The van der Waals surface area contributed by atoms with E-state index in [1.165, 1.54) is 10.4 Å².